The van der Waals surface area contributed by atoms with Crippen LogP contribution in [0, 0.1) is 5.41 Å². The van der Waals surface area contributed by atoms with Crippen LogP contribution in [0.25, 0.3) is 0 Å². The van der Waals surface area contributed by atoms with E-state index in [1.807, 2.05) is 19.0 Å². The van der Waals surface area contributed by atoms with Gasteiger partial charge in [0.2, 0.25) is 5.91 Å². The van der Waals surface area contributed by atoms with Crippen molar-refractivity contribution in [3.8, 4) is 0 Å². The first kappa shape index (κ1) is 12.5. The lowest BCUT2D eigenvalue weighted by Crippen LogP contribution is -2.47. The standard InChI is InChI=1S/C11H23N3O/c1-11(4-6-13-7-5-11)10(15)14(3)9-8-12-2/h12-13H,4-9H2,1-3H3. The van der Waals surface area contributed by atoms with Gasteiger partial charge in [0.15, 0.2) is 0 Å². The van der Waals surface area contributed by atoms with Crippen molar-refractivity contribution in [1.29, 1.82) is 0 Å². The fourth-order valence-corrected chi connectivity index (χ4v) is 2.03. The Labute approximate surface area is 92.4 Å². The van der Waals surface area contributed by atoms with Crippen molar-refractivity contribution >= 4 is 5.91 Å². The molecule has 0 atom stereocenters. The van der Waals surface area contributed by atoms with E-state index in [0.29, 0.717) is 5.91 Å². The quantitative estimate of drug-likeness (QED) is 0.694. The zero-order valence-electron chi connectivity index (χ0n) is 10.1. The maximum absolute atomic E-state index is 12.2. The van der Waals surface area contributed by atoms with E-state index in [1.54, 1.807) is 0 Å². The molecule has 1 aliphatic heterocycles. The Balaban J connectivity index is 2.49. The minimum atomic E-state index is -0.145. The van der Waals surface area contributed by atoms with Crippen molar-refractivity contribution in [3.63, 3.8) is 0 Å². The Morgan fingerprint density at radius 1 is 1.47 bits per heavy atom. The SMILES string of the molecule is CNCCN(C)C(=O)C1(C)CCNCC1. The topological polar surface area (TPSA) is 44.4 Å². The van der Waals surface area contributed by atoms with Gasteiger partial charge in [-0.25, -0.2) is 0 Å². The van der Waals surface area contributed by atoms with Gasteiger partial charge < -0.3 is 15.5 Å². The molecule has 0 aromatic carbocycles. The second kappa shape index (κ2) is 5.47. The van der Waals surface area contributed by atoms with Gasteiger partial charge in [-0.3, -0.25) is 4.79 Å². The summed E-state index contributed by atoms with van der Waals surface area (Å²) >= 11 is 0. The van der Waals surface area contributed by atoms with Gasteiger partial charge in [-0.2, -0.15) is 0 Å². The predicted octanol–water partition coefficient (Wildman–Crippen LogP) is 0.0539. The molecular weight excluding hydrogens is 190 g/mol. The van der Waals surface area contributed by atoms with Crippen LogP contribution in [0.5, 0.6) is 0 Å². The summed E-state index contributed by atoms with van der Waals surface area (Å²) in [6, 6.07) is 0. The van der Waals surface area contributed by atoms with Crippen LogP contribution in [0.15, 0.2) is 0 Å². The largest absolute Gasteiger partial charge is 0.344 e. The molecule has 4 heteroatoms. The summed E-state index contributed by atoms with van der Waals surface area (Å²) in [6.07, 6.45) is 1.91. The molecule has 1 aliphatic rings. The summed E-state index contributed by atoms with van der Waals surface area (Å²) in [5.74, 6) is 0.291. The molecule has 1 saturated heterocycles. The molecule has 2 N–H and O–H groups in total. The molecule has 0 radical (unpaired) electrons. The second-order valence-corrected chi connectivity index (χ2v) is 4.64. The van der Waals surface area contributed by atoms with E-state index in [4.69, 9.17) is 0 Å². The molecule has 4 nitrogen and oxygen atoms in total. The Morgan fingerprint density at radius 3 is 2.60 bits per heavy atom. The Kier molecular flexibility index (Phi) is 4.54. The molecule has 1 rings (SSSR count). The normalized spacial score (nSPS) is 19.9. The van der Waals surface area contributed by atoms with Gasteiger partial charge in [-0.1, -0.05) is 6.92 Å². The van der Waals surface area contributed by atoms with Gasteiger partial charge in [0.1, 0.15) is 0 Å². The molecule has 1 fully saturated rings. The predicted molar refractivity (Wildman–Crippen MR) is 61.8 cm³/mol. The lowest BCUT2D eigenvalue weighted by atomic mass is 9.80. The number of rotatable bonds is 4. The van der Waals surface area contributed by atoms with E-state index in [-0.39, 0.29) is 5.41 Å². The summed E-state index contributed by atoms with van der Waals surface area (Å²) in [5.41, 5.74) is -0.145. The Morgan fingerprint density at radius 2 is 2.07 bits per heavy atom. The summed E-state index contributed by atoms with van der Waals surface area (Å²) in [6.45, 7) is 5.66. The molecule has 0 aliphatic carbocycles. The number of carbonyl (C=O) groups excluding carboxylic acids is 1. The Bertz CT molecular complexity index is 212. The third-order valence-electron chi connectivity index (χ3n) is 3.27. The molecular formula is C11H23N3O. The summed E-state index contributed by atoms with van der Waals surface area (Å²) in [7, 11) is 3.80. The fourth-order valence-electron chi connectivity index (χ4n) is 2.03. The highest BCUT2D eigenvalue weighted by Crippen LogP contribution is 2.29. The van der Waals surface area contributed by atoms with Gasteiger partial charge in [-0.05, 0) is 33.0 Å². The van der Waals surface area contributed by atoms with E-state index < -0.39 is 0 Å². The minimum absolute atomic E-state index is 0.145. The van der Waals surface area contributed by atoms with Crippen molar-refractivity contribution in [1.82, 2.24) is 15.5 Å². The average molecular weight is 213 g/mol. The first-order chi connectivity index (χ1) is 7.10. The number of likely N-dealkylation sites (N-methyl/N-ethyl adjacent to an activating group) is 2. The van der Waals surface area contributed by atoms with Crippen LogP contribution in [0.4, 0.5) is 0 Å². The van der Waals surface area contributed by atoms with Crippen LogP contribution in [0.2, 0.25) is 0 Å². The van der Waals surface area contributed by atoms with Crippen LogP contribution >= 0.6 is 0 Å². The molecule has 15 heavy (non-hydrogen) atoms. The van der Waals surface area contributed by atoms with Gasteiger partial charge in [-0.15, -0.1) is 0 Å². The first-order valence-corrected chi connectivity index (χ1v) is 5.71. The number of nitrogens with one attached hydrogen (secondary N) is 2. The van der Waals surface area contributed by atoms with E-state index in [1.165, 1.54) is 0 Å². The van der Waals surface area contributed by atoms with Gasteiger partial charge in [0.25, 0.3) is 0 Å². The lowest BCUT2D eigenvalue weighted by molar-refractivity contribution is -0.141. The third-order valence-corrected chi connectivity index (χ3v) is 3.27. The van der Waals surface area contributed by atoms with Crippen molar-refractivity contribution in [2.45, 2.75) is 19.8 Å². The molecule has 0 saturated carbocycles. The van der Waals surface area contributed by atoms with Crippen molar-refractivity contribution in [2.24, 2.45) is 5.41 Å². The van der Waals surface area contributed by atoms with Crippen molar-refractivity contribution in [2.75, 3.05) is 40.3 Å². The molecule has 1 heterocycles. The van der Waals surface area contributed by atoms with Crippen molar-refractivity contribution < 1.29 is 4.79 Å². The lowest BCUT2D eigenvalue weighted by Gasteiger charge is -2.36. The summed E-state index contributed by atoms with van der Waals surface area (Å²) in [5, 5.41) is 6.36. The number of hydrogen-bond acceptors (Lipinski definition) is 3. The Hall–Kier alpha value is -0.610. The van der Waals surface area contributed by atoms with E-state index in [0.717, 1.165) is 39.0 Å². The molecule has 88 valence electrons. The van der Waals surface area contributed by atoms with Gasteiger partial charge >= 0.3 is 0 Å². The molecule has 0 aromatic rings. The monoisotopic (exact) mass is 213 g/mol. The number of nitrogens with zero attached hydrogens (tertiary/aromatic N) is 1. The van der Waals surface area contributed by atoms with Gasteiger partial charge in [0.05, 0.1) is 0 Å². The van der Waals surface area contributed by atoms with Crippen LogP contribution in [-0.4, -0.2) is 51.1 Å². The molecule has 1 amide bonds. The van der Waals surface area contributed by atoms with Crippen LogP contribution < -0.4 is 10.6 Å². The average Bonchev–Trinajstić information content (AvgIpc) is 2.26. The third kappa shape index (κ3) is 3.18. The smallest absolute Gasteiger partial charge is 0.228 e. The van der Waals surface area contributed by atoms with Crippen LogP contribution in [0.1, 0.15) is 19.8 Å². The maximum Gasteiger partial charge on any atom is 0.228 e. The highest BCUT2D eigenvalue weighted by molar-refractivity contribution is 5.82. The van der Waals surface area contributed by atoms with E-state index in [2.05, 4.69) is 17.6 Å². The highest BCUT2D eigenvalue weighted by atomic mass is 16.2. The first-order valence-electron chi connectivity index (χ1n) is 5.71. The minimum Gasteiger partial charge on any atom is -0.344 e. The highest BCUT2D eigenvalue weighted by Gasteiger charge is 2.36. The van der Waals surface area contributed by atoms with Crippen LogP contribution in [-0.2, 0) is 4.79 Å². The second-order valence-electron chi connectivity index (χ2n) is 4.64. The zero-order chi connectivity index (χ0) is 11.3. The van der Waals surface area contributed by atoms with E-state index >= 15 is 0 Å². The summed E-state index contributed by atoms with van der Waals surface area (Å²) < 4.78 is 0. The number of hydrogen-bond donors (Lipinski definition) is 2. The van der Waals surface area contributed by atoms with Crippen molar-refractivity contribution in [3.05, 3.63) is 0 Å². The summed E-state index contributed by atoms with van der Waals surface area (Å²) in [4.78, 5) is 14.0. The number of carbonyl (C=O) groups is 1. The number of piperidine rings is 1. The maximum atomic E-state index is 12.2. The molecule has 0 aromatic heterocycles. The van der Waals surface area contributed by atoms with Crippen LogP contribution in [0.3, 0.4) is 0 Å². The van der Waals surface area contributed by atoms with E-state index in [9.17, 15) is 4.79 Å². The van der Waals surface area contributed by atoms with Gasteiger partial charge in [0, 0.05) is 25.6 Å². The molecule has 0 bridgehead atoms. The zero-order valence-corrected chi connectivity index (χ0v) is 10.1. The fraction of sp³-hybridized carbons (Fsp3) is 0.909. The molecule has 0 spiro atoms. The number of amides is 1. The molecule has 0 unspecified atom stereocenters.